The summed E-state index contributed by atoms with van der Waals surface area (Å²) in [6.45, 7) is 4.03. The van der Waals surface area contributed by atoms with E-state index in [1.165, 1.54) is 34.9 Å². The topological polar surface area (TPSA) is 111 Å². The fourth-order valence-corrected chi connectivity index (χ4v) is 6.39. The van der Waals surface area contributed by atoms with Crippen molar-refractivity contribution in [2.45, 2.75) is 29.2 Å². The number of fused-ring (bicyclic) bond motifs is 1. The van der Waals surface area contributed by atoms with Crippen LogP contribution in [0, 0.1) is 5.92 Å². The molecular weight excluding hydrogens is 496 g/mol. The highest BCUT2D eigenvalue weighted by Crippen LogP contribution is 2.37. The molecular formula is C22H24N4O5S3. The van der Waals surface area contributed by atoms with Gasteiger partial charge in [0.1, 0.15) is 11.5 Å². The molecule has 1 aliphatic rings. The number of carbonyl (C=O) groups excluding carboxylic acids is 1. The number of nitrogens with zero attached hydrogens (tertiary/aromatic N) is 3. The van der Waals surface area contributed by atoms with Crippen LogP contribution >= 0.6 is 23.1 Å². The van der Waals surface area contributed by atoms with Crippen LogP contribution in [-0.2, 0) is 14.8 Å². The summed E-state index contributed by atoms with van der Waals surface area (Å²) in [7, 11) is -2.45. The molecule has 1 aliphatic heterocycles. The van der Waals surface area contributed by atoms with Gasteiger partial charge in [-0.05, 0) is 42.3 Å². The highest BCUT2D eigenvalue weighted by atomic mass is 32.2. The molecule has 0 saturated heterocycles. The van der Waals surface area contributed by atoms with Crippen LogP contribution in [-0.4, -0.2) is 50.0 Å². The van der Waals surface area contributed by atoms with Crippen LogP contribution in [0.25, 0.3) is 0 Å². The van der Waals surface area contributed by atoms with Gasteiger partial charge in [0.2, 0.25) is 5.13 Å². The van der Waals surface area contributed by atoms with Gasteiger partial charge in [0.15, 0.2) is 10.4 Å². The standard InChI is InChI=1S/C22H24N4O5S3/c1-14(2)13-32-22-25-24-21(33-22)23-20(27)19-12-26(17-6-4-5-7-18(17)31-19)34(28,29)16-10-8-15(30-3)9-11-16/h4-11,14,19H,12-13H2,1-3H3,(H,23,24,27)/t19-/m0/s1. The van der Waals surface area contributed by atoms with Crippen LogP contribution in [0.2, 0.25) is 0 Å². The number of methoxy groups -OCH3 is 1. The van der Waals surface area contributed by atoms with Gasteiger partial charge in [0.05, 0.1) is 24.2 Å². The van der Waals surface area contributed by atoms with Crippen LogP contribution in [0.15, 0.2) is 57.8 Å². The molecule has 3 aromatic rings. The SMILES string of the molecule is COc1ccc(S(=O)(=O)N2C[C@@H](C(=O)Nc3nnc(SCC(C)C)s3)Oc3ccccc32)cc1. The van der Waals surface area contributed by atoms with Crippen molar-refractivity contribution in [2.24, 2.45) is 5.92 Å². The van der Waals surface area contributed by atoms with E-state index in [4.69, 9.17) is 9.47 Å². The van der Waals surface area contributed by atoms with Gasteiger partial charge < -0.3 is 9.47 Å². The first-order chi connectivity index (χ1) is 16.3. The molecule has 34 heavy (non-hydrogen) atoms. The van der Waals surface area contributed by atoms with Crippen molar-refractivity contribution in [3.8, 4) is 11.5 Å². The minimum Gasteiger partial charge on any atom is -0.497 e. The molecule has 4 rings (SSSR count). The van der Waals surface area contributed by atoms with Crippen LogP contribution in [0.3, 0.4) is 0 Å². The van der Waals surface area contributed by atoms with Crippen molar-refractivity contribution in [1.29, 1.82) is 0 Å². The molecule has 1 amide bonds. The quantitative estimate of drug-likeness (QED) is 0.352. The Morgan fingerprint density at radius 3 is 2.68 bits per heavy atom. The fraction of sp³-hybridized carbons (Fsp3) is 0.318. The lowest BCUT2D eigenvalue weighted by Crippen LogP contribution is -2.48. The van der Waals surface area contributed by atoms with Gasteiger partial charge in [-0.3, -0.25) is 14.4 Å². The van der Waals surface area contributed by atoms with Gasteiger partial charge in [0.25, 0.3) is 15.9 Å². The number of amides is 1. The Hall–Kier alpha value is -2.83. The summed E-state index contributed by atoms with van der Waals surface area (Å²) in [5.41, 5.74) is 0.366. The molecule has 0 radical (unpaired) electrons. The third-order valence-corrected chi connectivity index (χ3v) is 9.04. The van der Waals surface area contributed by atoms with Crippen molar-refractivity contribution in [3.05, 3.63) is 48.5 Å². The number of benzene rings is 2. The third kappa shape index (κ3) is 5.29. The highest BCUT2D eigenvalue weighted by Gasteiger charge is 2.37. The zero-order chi connectivity index (χ0) is 24.3. The van der Waals surface area contributed by atoms with Crippen LogP contribution in [0.1, 0.15) is 13.8 Å². The lowest BCUT2D eigenvalue weighted by molar-refractivity contribution is -0.122. The number of hydrogen-bond donors (Lipinski definition) is 1. The molecule has 0 saturated carbocycles. The first kappa shape index (κ1) is 24.3. The molecule has 9 nitrogen and oxygen atoms in total. The Morgan fingerprint density at radius 2 is 1.97 bits per heavy atom. The zero-order valence-corrected chi connectivity index (χ0v) is 21.2. The molecule has 0 fully saturated rings. The van der Waals surface area contributed by atoms with Crippen molar-refractivity contribution < 1.29 is 22.7 Å². The van der Waals surface area contributed by atoms with Gasteiger partial charge in [-0.15, -0.1) is 10.2 Å². The molecule has 2 aromatic carbocycles. The number of carbonyl (C=O) groups is 1. The summed E-state index contributed by atoms with van der Waals surface area (Å²) in [6, 6.07) is 12.8. The third-order valence-electron chi connectivity index (χ3n) is 4.85. The molecule has 1 atom stereocenters. The second-order valence-corrected chi connectivity index (χ2v) is 12.0. The Kier molecular flexibility index (Phi) is 7.29. The lowest BCUT2D eigenvalue weighted by atomic mass is 10.2. The van der Waals surface area contributed by atoms with E-state index in [0.717, 1.165) is 10.1 Å². The monoisotopic (exact) mass is 520 g/mol. The Morgan fingerprint density at radius 1 is 1.24 bits per heavy atom. The maximum atomic E-state index is 13.5. The highest BCUT2D eigenvalue weighted by molar-refractivity contribution is 8.01. The number of hydrogen-bond acceptors (Lipinski definition) is 9. The summed E-state index contributed by atoms with van der Waals surface area (Å²) < 4.78 is 39.9. The van der Waals surface area contributed by atoms with Gasteiger partial charge >= 0.3 is 0 Å². The van der Waals surface area contributed by atoms with Crippen molar-refractivity contribution in [3.63, 3.8) is 0 Å². The minimum absolute atomic E-state index is 0.0834. The summed E-state index contributed by atoms with van der Waals surface area (Å²) in [5, 5.41) is 11.2. The van der Waals surface area contributed by atoms with Crippen LogP contribution in [0.4, 0.5) is 10.8 Å². The number of rotatable bonds is 8. The Balaban J connectivity index is 1.56. The first-order valence-electron chi connectivity index (χ1n) is 10.5. The van der Waals surface area contributed by atoms with E-state index in [0.29, 0.717) is 28.2 Å². The maximum Gasteiger partial charge on any atom is 0.269 e. The van der Waals surface area contributed by atoms with Crippen LogP contribution < -0.4 is 19.1 Å². The smallest absolute Gasteiger partial charge is 0.269 e. The van der Waals surface area contributed by atoms with Crippen molar-refractivity contribution in [2.75, 3.05) is 29.0 Å². The van der Waals surface area contributed by atoms with Gasteiger partial charge in [-0.1, -0.05) is 49.1 Å². The first-order valence-corrected chi connectivity index (χ1v) is 13.7. The predicted molar refractivity (Wildman–Crippen MR) is 132 cm³/mol. The summed E-state index contributed by atoms with van der Waals surface area (Å²) in [4.78, 5) is 13.1. The average molecular weight is 521 g/mol. The predicted octanol–water partition coefficient (Wildman–Crippen LogP) is 3.89. The molecule has 0 aliphatic carbocycles. The van der Waals surface area contributed by atoms with Gasteiger partial charge in [-0.25, -0.2) is 8.42 Å². The molecule has 0 bridgehead atoms. The zero-order valence-electron chi connectivity index (χ0n) is 18.8. The minimum atomic E-state index is -3.96. The molecule has 2 heterocycles. The van der Waals surface area contributed by atoms with E-state index >= 15 is 0 Å². The van der Waals surface area contributed by atoms with E-state index in [1.54, 1.807) is 48.2 Å². The number of nitrogens with one attached hydrogen (secondary N) is 1. The molecule has 0 spiro atoms. The van der Waals surface area contributed by atoms with E-state index in [2.05, 4.69) is 29.4 Å². The van der Waals surface area contributed by atoms with Crippen molar-refractivity contribution >= 4 is 49.8 Å². The van der Waals surface area contributed by atoms with E-state index in [1.807, 2.05) is 0 Å². The van der Waals surface area contributed by atoms with Gasteiger partial charge in [-0.2, -0.15) is 0 Å². The molecule has 12 heteroatoms. The lowest BCUT2D eigenvalue weighted by Gasteiger charge is -2.34. The summed E-state index contributed by atoms with van der Waals surface area (Å²) >= 11 is 2.84. The molecule has 1 N–H and O–H groups in total. The Bertz CT molecular complexity index is 1260. The molecule has 0 unspecified atom stereocenters. The number of sulfonamides is 1. The molecule has 180 valence electrons. The number of thioether (sulfide) groups is 1. The summed E-state index contributed by atoms with van der Waals surface area (Å²) in [6.07, 6.45) is -1.07. The number of para-hydroxylation sites is 2. The number of aromatic nitrogens is 2. The van der Waals surface area contributed by atoms with E-state index in [9.17, 15) is 13.2 Å². The maximum absolute atomic E-state index is 13.5. The second kappa shape index (κ2) is 10.2. The second-order valence-electron chi connectivity index (χ2n) is 7.85. The average Bonchev–Trinajstić information content (AvgIpc) is 3.29. The Labute approximate surface area is 206 Å². The van der Waals surface area contributed by atoms with E-state index in [-0.39, 0.29) is 11.4 Å². The molecule has 1 aromatic heterocycles. The normalized spacial score (nSPS) is 15.5. The number of ether oxygens (including phenoxy) is 2. The largest absolute Gasteiger partial charge is 0.497 e. The van der Waals surface area contributed by atoms with Gasteiger partial charge in [0, 0.05) is 5.75 Å². The fourth-order valence-electron chi connectivity index (χ4n) is 3.18. The summed E-state index contributed by atoms with van der Waals surface area (Å²) in [5.74, 6) is 1.74. The van der Waals surface area contributed by atoms with Crippen LogP contribution in [0.5, 0.6) is 11.5 Å². The van der Waals surface area contributed by atoms with Crippen molar-refractivity contribution in [1.82, 2.24) is 10.2 Å². The van der Waals surface area contributed by atoms with E-state index < -0.39 is 22.0 Å². The number of anilines is 2.